The molecule has 0 aromatic carbocycles. The number of carboxylic acids is 2. The first kappa shape index (κ1) is 14.8. The van der Waals surface area contributed by atoms with E-state index in [0.29, 0.717) is 6.42 Å². The maximum Gasteiger partial charge on any atom is 0.324 e. The molecule has 0 fully saturated rings. The fourth-order valence-corrected chi connectivity index (χ4v) is 1.08. The predicted molar refractivity (Wildman–Crippen MR) is 55.7 cm³/mol. The molecule has 5 N–H and O–H groups in total. The van der Waals surface area contributed by atoms with Crippen LogP contribution < -0.4 is 10.9 Å². The minimum absolute atomic E-state index is 0.160. The number of carbonyl (C=O) groups is 2. The van der Waals surface area contributed by atoms with Crippen LogP contribution in [0.25, 0.3) is 0 Å². The summed E-state index contributed by atoms with van der Waals surface area (Å²) in [6.07, 6.45) is 0.361. The lowest BCUT2D eigenvalue weighted by atomic mass is 10.0. The number of hydrazine groups is 1. The average Bonchev–Trinajstić information content (AvgIpc) is 2.15. The molecule has 0 aliphatic carbocycles. The van der Waals surface area contributed by atoms with Gasteiger partial charge in [0.15, 0.2) is 0 Å². The van der Waals surface area contributed by atoms with Crippen LogP contribution in [-0.4, -0.2) is 45.9 Å². The van der Waals surface area contributed by atoms with Crippen LogP contribution in [0.3, 0.4) is 0 Å². The molecule has 16 heavy (non-hydrogen) atoms. The van der Waals surface area contributed by atoms with Crippen molar-refractivity contribution < 1.29 is 24.9 Å². The van der Waals surface area contributed by atoms with Gasteiger partial charge in [-0.3, -0.25) is 9.59 Å². The fraction of sp³-hybridized carbons (Fsp3) is 0.778. The molecule has 7 heteroatoms. The molecule has 0 bridgehead atoms. The van der Waals surface area contributed by atoms with Crippen LogP contribution in [0, 0.1) is 5.92 Å². The molecule has 2 atom stereocenters. The van der Waals surface area contributed by atoms with E-state index in [1.807, 2.05) is 13.8 Å². The smallest absolute Gasteiger partial charge is 0.324 e. The number of carboxylic acid groups (broad SMARTS) is 2. The van der Waals surface area contributed by atoms with E-state index in [-0.39, 0.29) is 5.92 Å². The molecule has 0 rings (SSSR count). The summed E-state index contributed by atoms with van der Waals surface area (Å²) < 4.78 is 0. The third kappa shape index (κ3) is 5.64. The summed E-state index contributed by atoms with van der Waals surface area (Å²) in [6.45, 7) is 3.10. The van der Waals surface area contributed by atoms with Gasteiger partial charge in [-0.25, -0.2) is 10.9 Å². The van der Waals surface area contributed by atoms with E-state index >= 15 is 0 Å². The van der Waals surface area contributed by atoms with Crippen LogP contribution in [0.4, 0.5) is 0 Å². The summed E-state index contributed by atoms with van der Waals surface area (Å²) in [7, 11) is 0. The maximum atomic E-state index is 10.8. The van der Waals surface area contributed by atoms with E-state index in [1.165, 1.54) is 0 Å². The van der Waals surface area contributed by atoms with Gasteiger partial charge in [-0.1, -0.05) is 13.8 Å². The van der Waals surface area contributed by atoms with Crippen molar-refractivity contribution in [2.75, 3.05) is 6.61 Å². The Balaban J connectivity index is 4.20. The first-order valence-electron chi connectivity index (χ1n) is 4.96. The summed E-state index contributed by atoms with van der Waals surface area (Å²) in [5, 5.41) is 26.1. The number of hydrogen-bond acceptors (Lipinski definition) is 5. The highest BCUT2D eigenvalue weighted by molar-refractivity contribution is 5.74. The van der Waals surface area contributed by atoms with Crippen molar-refractivity contribution in [2.45, 2.75) is 32.4 Å². The topological polar surface area (TPSA) is 119 Å². The molecule has 0 amide bonds. The summed E-state index contributed by atoms with van der Waals surface area (Å²) in [5.41, 5.74) is 4.67. The molecule has 0 heterocycles. The van der Waals surface area contributed by atoms with Crippen molar-refractivity contribution >= 4 is 11.9 Å². The van der Waals surface area contributed by atoms with E-state index in [9.17, 15) is 9.59 Å². The van der Waals surface area contributed by atoms with Crippen molar-refractivity contribution in [3.05, 3.63) is 0 Å². The molecular formula is C9H18N2O5. The van der Waals surface area contributed by atoms with Gasteiger partial charge in [-0.05, 0) is 12.3 Å². The number of nitrogens with one attached hydrogen (secondary N) is 2. The van der Waals surface area contributed by atoms with Gasteiger partial charge in [0, 0.05) is 0 Å². The average molecular weight is 234 g/mol. The van der Waals surface area contributed by atoms with Crippen molar-refractivity contribution in [1.82, 2.24) is 10.9 Å². The quantitative estimate of drug-likeness (QED) is 0.343. The lowest BCUT2D eigenvalue weighted by molar-refractivity contribution is -0.144. The van der Waals surface area contributed by atoms with Crippen molar-refractivity contribution in [1.29, 1.82) is 0 Å². The second-order valence-electron chi connectivity index (χ2n) is 3.88. The number of aliphatic carboxylic acids is 2. The summed E-state index contributed by atoms with van der Waals surface area (Å²) in [4.78, 5) is 21.3. The van der Waals surface area contributed by atoms with E-state index < -0.39 is 30.6 Å². The van der Waals surface area contributed by atoms with E-state index in [4.69, 9.17) is 15.3 Å². The highest BCUT2D eigenvalue weighted by Crippen LogP contribution is 2.04. The number of rotatable bonds is 8. The summed E-state index contributed by atoms with van der Waals surface area (Å²) >= 11 is 0. The van der Waals surface area contributed by atoms with Crippen LogP contribution in [0.2, 0.25) is 0 Å². The molecule has 0 aliphatic rings. The van der Waals surface area contributed by atoms with Crippen LogP contribution >= 0.6 is 0 Å². The van der Waals surface area contributed by atoms with Gasteiger partial charge in [0.05, 0.1) is 6.61 Å². The number of aliphatic hydroxyl groups is 1. The molecular weight excluding hydrogens is 216 g/mol. The zero-order valence-electron chi connectivity index (χ0n) is 9.30. The molecule has 0 saturated heterocycles. The van der Waals surface area contributed by atoms with Gasteiger partial charge in [0.2, 0.25) is 0 Å². The number of aliphatic hydroxyl groups excluding tert-OH is 1. The Bertz CT molecular complexity index is 244. The van der Waals surface area contributed by atoms with E-state index in [0.717, 1.165) is 0 Å². The minimum Gasteiger partial charge on any atom is -0.480 e. The van der Waals surface area contributed by atoms with Crippen LogP contribution in [0.1, 0.15) is 20.3 Å². The zero-order chi connectivity index (χ0) is 12.7. The molecule has 0 aromatic rings. The Labute approximate surface area is 93.4 Å². The number of hydrogen-bond donors (Lipinski definition) is 5. The van der Waals surface area contributed by atoms with Crippen LogP contribution in [-0.2, 0) is 9.59 Å². The van der Waals surface area contributed by atoms with Gasteiger partial charge in [-0.15, -0.1) is 0 Å². The Hall–Kier alpha value is -1.18. The monoisotopic (exact) mass is 234 g/mol. The van der Waals surface area contributed by atoms with Crippen molar-refractivity contribution in [3.63, 3.8) is 0 Å². The molecule has 94 valence electrons. The largest absolute Gasteiger partial charge is 0.480 e. The highest BCUT2D eigenvalue weighted by atomic mass is 16.4. The van der Waals surface area contributed by atoms with Gasteiger partial charge < -0.3 is 15.3 Å². The van der Waals surface area contributed by atoms with Crippen LogP contribution in [0.5, 0.6) is 0 Å². The molecule has 7 nitrogen and oxygen atoms in total. The normalized spacial score (nSPS) is 14.8. The summed E-state index contributed by atoms with van der Waals surface area (Å²) in [5.74, 6) is -2.15. The summed E-state index contributed by atoms with van der Waals surface area (Å²) in [6, 6.07) is -2.09. The Kier molecular flexibility index (Phi) is 6.63. The fourth-order valence-electron chi connectivity index (χ4n) is 1.08. The Morgan fingerprint density at radius 1 is 1.06 bits per heavy atom. The minimum atomic E-state index is -1.25. The lowest BCUT2D eigenvalue weighted by Crippen LogP contribution is -2.54. The second-order valence-corrected chi connectivity index (χ2v) is 3.88. The van der Waals surface area contributed by atoms with Gasteiger partial charge >= 0.3 is 11.9 Å². The van der Waals surface area contributed by atoms with E-state index in [2.05, 4.69) is 10.9 Å². The van der Waals surface area contributed by atoms with Gasteiger partial charge in [0.1, 0.15) is 12.1 Å². The Morgan fingerprint density at radius 2 is 1.50 bits per heavy atom. The first-order chi connectivity index (χ1) is 7.38. The van der Waals surface area contributed by atoms with Crippen molar-refractivity contribution in [2.24, 2.45) is 5.92 Å². The molecule has 0 unspecified atom stereocenters. The predicted octanol–water partition coefficient (Wildman–Crippen LogP) is -0.975. The standard InChI is InChI=1S/C9H18N2O5/c1-5(2)3-6(8(13)14)10-11-7(4-12)9(15)16/h5-7,10-12H,3-4H2,1-2H3,(H,13,14)(H,15,16)/t6-,7-/m0/s1. The van der Waals surface area contributed by atoms with Gasteiger partial charge in [-0.2, -0.15) is 0 Å². The third-order valence-corrected chi connectivity index (χ3v) is 1.92. The molecule has 0 saturated carbocycles. The maximum absolute atomic E-state index is 10.8. The second kappa shape index (κ2) is 7.15. The lowest BCUT2D eigenvalue weighted by Gasteiger charge is -2.19. The van der Waals surface area contributed by atoms with Crippen molar-refractivity contribution in [3.8, 4) is 0 Å². The molecule has 0 aliphatic heterocycles. The first-order valence-corrected chi connectivity index (χ1v) is 4.96. The zero-order valence-corrected chi connectivity index (χ0v) is 9.30. The van der Waals surface area contributed by atoms with Gasteiger partial charge in [0.25, 0.3) is 0 Å². The molecule has 0 spiro atoms. The highest BCUT2D eigenvalue weighted by Gasteiger charge is 2.22. The molecule has 0 aromatic heterocycles. The molecule has 0 radical (unpaired) electrons. The van der Waals surface area contributed by atoms with Crippen LogP contribution in [0.15, 0.2) is 0 Å². The third-order valence-electron chi connectivity index (χ3n) is 1.92. The SMILES string of the molecule is CC(C)C[C@H](NN[C@@H](CO)C(=O)O)C(=O)O. The Morgan fingerprint density at radius 3 is 1.81 bits per heavy atom. The van der Waals surface area contributed by atoms with E-state index in [1.54, 1.807) is 0 Å².